The van der Waals surface area contributed by atoms with Crippen LogP contribution in [0.2, 0.25) is 0 Å². The molecule has 1 aromatic heterocycles. The number of carbonyl (C=O) groups is 1. The molecule has 2 N–H and O–H groups in total. The molecular weight excluding hydrogens is 498 g/mol. The van der Waals surface area contributed by atoms with Crippen molar-refractivity contribution in [2.75, 3.05) is 37.5 Å². The summed E-state index contributed by atoms with van der Waals surface area (Å²) >= 11 is 0. The van der Waals surface area contributed by atoms with E-state index in [4.69, 9.17) is 14.2 Å². The van der Waals surface area contributed by atoms with Crippen LogP contribution in [-0.2, 0) is 9.47 Å². The topological polar surface area (TPSA) is 116 Å². The molecule has 2 saturated heterocycles. The first-order valence-electron chi connectivity index (χ1n) is 12.7. The van der Waals surface area contributed by atoms with E-state index in [1.165, 1.54) is 0 Å². The van der Waals surface area contributed by atoms with Crippen molar-refractivity contribution in [3.05, 3.63) is 78.9 Å². The summed E-state index contributed by atoms with van der Waals surface area (Å²) in [5, 5.41) is 18.3. The van der Waals surface area contributed by atoms with E-state index in [-0.39, 0.29) is 30.3 Å². The van der Waals surface area contributed by atoms with E-state index in [1.54, 1.807) is 28.9 Å². The van der Waals surface area contributed by atoms with Crippen molar-refractivity contribution in [3.8, 4) is 22.9 Å². The van der Waals surface area contributed by atoms with Crippen molar-refractivity contribution in [1.29, 1.82) is 0 Å². The second-order valence-corrected chi connectivity index (χ2v) is 9.70. The van der Waals surface area contributed by atoms with Gasteiger partial charge in [0, 0.05) is 31.0 Å². The molecule has 3 heterocycles. The molecule has 39 heavy (non-hydrogen) atoms. The Balaban J connectivity index is 1.06. The van der Waals surface area contributed by atoms with E-state index in [0.29, 0.717) is 30.5 Å². The number of nitrogens with one attached hydrogen (secondary N) is 2. The molecule has 4 atom stereocenters. The summed E-state index contributed by atoms with van der Waals surface area (Å²) in [5.74, 6) is 2.07. The number of anilines is 2. The second kappa shape index (κ2) is 10.7. The van der Waals surface area contributed by atoms with Gasteiger partial charge in [-0.1, -0.05) is 18.2 Å². The van der Waals surface area contributed by atoms with Gasteiger partial charge in [-0.25, -0.2) is 9.48 Å². The zero-order chi connectivity index (χ0) is 26.8. The minimum Gasteiger partial charge on any atom is -0.457 e. The van der Waals surface area contributed by atoms with Crippen molar-refractivity contribution in [2.24, 2.45) is 0 Å². The number of aromatic nitrogens is 4. The number of ether oxygens (including phenoxy) is 3. The number of carbonyl (C=O) groups excluding carboxylic acids is 1. The molecule has 0 bridgehead atoms. The van der Waals surface area contributed by atoms with Crippen LogP contribution in [0.25, 0.3) is 11.4 Å². The van der Waals surface area contributed by atoms with Gasteiger partial charge < -0.3 is 29.7 Å². The smallest absolute Gasteiger partial charge is 0.319 e. The van der Waals surface area contributed by atoms with E-state index in [1.807, 2.05) is 73.6 Å². The molecule has 0 spiro atoms. The van der Waals surface area contributed by atoms with Gasteiger partial charge >= 0.3 is 6.03 Å². The molecule has 11 heteroatoms. The normalized spacial score (nSPS) is 21.8. The highest BCUT2D eigenvalue weighted by atomic mass is 16.6. The average molecular weight is 528 g/mol. The third-order valence-electron chi connectivity index (χ3n) is 6.88. The van der Waals surface area contributed by atoms with Crippen molar-refractivity contribution in [3.63, 3.8) is 0 Å². The van der Waals surface area contributed by atoms with Crippen LogP contribution < -0.4 is 20.3 Å². The first kappa shape index (κ1) is 24.8. The van der Waals surface area contributed by atoms with Gasteiger partial charge in [-0.2, -0.15) is 0 Å². The molecule has 6 rings (SSSR count). The largest absolute Gasteiger partial charge is 0.457 e. The predicted octanol–water partition coefficient (Wildman–Crippen LogP) is 3.73. The molecule has 0 aliphatic carbocycles. The lowest BCUT2D eigenvalue weighted by atomic mass is 10.1. The van der Waals surface area contributed by atoms with Crippen molar-refractivity contribution >= 4 is 17.4 Å². The molecule has 2 amide bonds. The fourth-order valence-corrected chi connectivity index (χ4v) is 4.89. The van der Waals surface area contributed by atoms with Crippen LogP contribution in [0, 0.1) is 0 Å². The van der Waals surface area contributed by atoms with Gasteiger partial charge in [0.05, 0.1) is 19.3 Å². The van der Waals surface area contributed by atoms with Crippen LogP contribution in [0.4, 0.5) is 16.2 Å². The zero-order valence-corrected chi connectivity index (χ0v) is 21.6. The average Bonchev–Trinajstić information content (AvgIpc) is 3.68. The third-order valence-corrected chi connectivity index (χ3v) is 6.88. The first-order valence-corrected chi connectivity index (χ1v) is 12.7. The molecule has 2 aliphatic rings. The third kappa shape index (κ3) is 5.27. The Hall–Kier alpha value is -4.48. The Labute approximate surface area is 225 Å². The quantitative estimate of drug-likeness (QED) is 0.374. The summed E-state index contributed by atoms with van der Waals surface area (Å²) in [7, 11) is 3.99. The second-order valence-electron chi connectivity index (χ2n) is 9.70. The highest BCUT2D eigenvalue weighted by molar-refractivity contribution is 5.89. The SMILES string of the molecule is CN(C)c1ccc(-c2nnnn2C2COC3C(NC(=O)Nc4ccc(Oc5ccccc5)cc4)COC32)cc1. The van der Waals surface area contributed by atoms with Gasteiger partial charge in [0.15, 0.2) is 5.82 Å². The molecule has 0 saturated carbocycles. The van der Waals surface area contributed by atoms with E-state index < -0.39 is 0 Å². The summed E-state index contributed by atoms with van der Waals surface area (Å²) in [4.78, 5) is 14.8. The van der Waals surface area contributed by atoms with E-state index in [0.717, 1.165) is 17.0 Å². The van der Waals surface area contributed by atoms with Gasteiger partial charge in [0.2, 0.25) is 0 Å². The maximum Gasteiger partial charge on any atom is 0.319 e. The standard InChI is InChI=1S/C28H29N7O4/c1-34(2)20-12-8-18(9-13-20)27-31-32-33-35(27)24-17-38-25-23(16-37-26(24)25)30-28(36)29-19-10-14-22(15-11-19)39-21-6-4-3-5-7-21/h3-15,23-26H,16-17H2,1-2H3,(H2,29,30,36). The molecule has 200 valence electrons. The van der Waals surface area contributed by atoms with Gasteiger partial charge in [-0.05, 0) is 71.1 Å². The number of hydrogen-bond donors (Lipinski definition) is 2. The Morgan fingerprint density at radius 2 is 1.64 bits per heavy atom. The minimum atomic E-state index is -0.336. The number of para-hydroxylation sites is 1. The summed E-state index contributed by atoms with van der Waals surface area (Å²) in [5.41, 5.74) is 2.64. The zero-order valence-electron chi connectivity index (χ0n) is 21.6. The number of hydrogen-bond acceptors (Lipinski definition) is 8. The lowest BCUT2D eigenvalue weighted by Crippen LogP contribution is -2.45. The van der Waals surface area contributed by atoms with Crippen molar-refractivity contribution in [2.45, 2.75) is 24.3 Å². The van der Waals surface area contributed by atoms with E-state index >= 15 is 0 Å². The van der Waals surface area contributed by atoms with Crippen LogP contribution in [0.1, 0.15) is 6.04 Å². The number of benzene rings is 3. The predicted molar refractivity (Wildman–Crippen MR) is 145 cm³/mol. The number of fused-ring (bicyclic) bond motifs is 1. The first-order chi connectivity index (χ1) is 19.0. The van der Waals surface area contributed by atoms with Gasteiger partial charge in [-0.3, -0.25) is 0 Å². The van der Waals surface area contributed by atoms with Crippen molar-refractivity contribution < 1.29 is 19.0 Å². The van der Waals surface area contributed by atoms with Crippen LogP contribution in [0.3, 0.4) is 0 Å². The monoisotopic (exact) mass is 527 g/mol. The lowest BCUT2D eigenvalue weighted by Gasteiger charge is -2.18. The van der Waals surface area contributed by atoms with E-state index in [9.17, 15) is 4.79 Å². The molecule has 2 fully saturated rings. The molecule has 0 radical (unpaired) electrons. The van der Waals surface area contributed by atoms with E-state index in [2.05, 4.69) is 26.2 Å². The van der Waals surface area contributed by atoms with Crippen molar-refractivity contribution in [1.82, 2.24) is 25.5 Å². The fourth-order valence-electron chi connectivity index (χ4n) is 4.89. The highest BCUT2D eigenvalue weighted by Crippen LogP contribution is 2.36. The van der Waals surface area contributed by atoms with Crippen LogP contribution >= 0.6 is 0 Å². The number of amides is 2. The maximum atomic E-state index is 12.8. The molecule has 3 aromatic carbocycles. The molecule has 4 unspecified atom stereocenters. The Morgan fingerprint density at radius 1 is 0.923 bits per heavy atom. The summed E-state index contributed by atoms with van der Waals surface area (Å²) < 4.78 is 19.7. The summed E-state index contributed by atoms with van der Waals surface area (Å²) in [6.07, 6.45) is -0.594. The number of nitrogens with zero attached hydrogens (tertiary/aromatic N) is 5. The molecule has 11 nitrogen and oxygen atoms in total. The van der Waals surface area contributed by atoms with Gasteiger partial charge in [-0.15, -0.1) is 5.10 Å². The Kier molecular flexibility index (Phi) is 6.82. The Morgan fingerprint density at radius 3 is 2.38 bits per heavy atom. The summed E-state index contributed by atoms with van der Waals surface area (Å²) in [6, 6.07) is 23.9. The summed E-state index contributed by atoms with van der Waals surface area (Å²) in [6.45, 7) is 0.712. The molecule has 4 aromatic rings. The number of rotatable bonds is 7. The Bertz CT molecular complexity index is 1410. The minimum absolute atomic E-state index is 0.208. The molecule has 2 aliphatic heterocycles. The highest BCUT2D eigenvalue weighted by Gasteiger charge is 2.50. The van der Waals surface area contributed by atoms with Gasteiger partial charge in [0.25, 0.3) is 0 Å². The van der Waals surface area contributed by atoms with Crippen LogP contribution in [0.5, 0.6) is 11.5 Å². The molecular formula is C28H29N7O4. The fraction of sp³-hybridized carbons (Fsp3) is 0.286. The van der Waals surface area contributed by atoms with Crippen LogP contribution in [0.15, 0.2) is 78.9 Å². The number of urea groups is 1. The lowest BCUT2D eigenvalue weighted by molar-refractivity contribution is 0.0624. The number of tetrazole rings is 1. The van der Waals surface area contributed by atoms with Crippen LogP contribution in [-0.4, -0.2) is 71.8 Å². The van der Waals surface area contributed by atoms with Gasteiger partial charge in [0.1, 0.15) is 29.7 Å². The maximum absolute atomic E-state index is 12.8.